The molecule has 0 N–H and O–H groups in total. The second-order valence-corrected chi connectivity index (χ2v) is 14.5. The molecule has 3 aromatic rings. The zero-order chi connectivity index (χ0) is 31.0. The maximum atomic E-state index is 14.9. The van der Waals surface area contributed by atoms with Crippen LogP contribution < -0.4 is 9.64 Å². The number of thioether (sulfide) groups is 2. The van der Waals surface area contributed by atoms with E-state index in [9.17, 15) is 13.2 Å². The Hall–Kier alpha value is -2.66. The first-order valence-electron chi connectivity index (χ1n) is 14.6. The van der Waals surface area contributed by atoms with Crippen LogP contribution in [0.5, 0.6) is 5.75 Å². The minimum absolute atomic E-state index is 0.209. The lowest BCUT2D eigenvalue weighted by atomic mass is 9.92. The van der Waals surface area contributed by atoms with Gasteiger partial charge in [0.05, 0.1) is 30.7 Å². The molecule has 0 saturated carbocycles. The topological polar surface area (TPSA) is 76.2 Å². The summed E-state index contributed by atoms with van der Waals surface area (Å²) in [5.74, 6) is 1.16. The average molecular weight is 643 g/mol. The number of unbranched alkanes of at least 4 members (excludes halogenated alkanes) is 1. The van der Waals surface area contributed by atoms with Gasteiger partial charge in [-0.25, -0.2) is 8.42 Å². The molecule has 0 spiro atoms. The number of anilines is 2. The van der Waals surface area contributed by atoms with E-state index >= 15 is 0 Å². The van der Waals surface area contributed by atoms with Crippen LogP contribution in [0.15, 0.2) is 76.5 Å². The Morgan fingerprint density at radius 3 is 2.40 bits per heavy atom. The van der Waals surface area contributed by atoms with E-state index in [1.807, 2.05) is 73.0 Å². The van der Waals surface area contributed by atoms with Gasteiger partial charge in [-0.05, 0) is 74.0 Å². The SMILES string of the molecule is CCCCC1(C)CN(c2ccccc2)c2cc(SC)c(CSCC(=O)OCC)cc2S(=O)(=O)N1Cc1ccc(OC)cc1. The number of sulfonamides is 1. The van der Waals surface area contributed by atoms with E-state index in [2.05, 4.69) is 18.7 Å². The van der Waals surface area contributed by atoms with Crippen molar-refractivity contribution >= 4 is 50.9 Å². The minimum atomic E-state index is -3.96. The second kappa shape index (κ2) is 14.9. The fraction of sp³-hybridized carbons (Fsp3) is 0.424. The molecular weight excluding hydrogens is 601 g/mol. The minimum Gasteiger partial charge on any atom is -0.497 e. The van der Waals surface area contributed by atoms with Gasteiger partial charge >= 0.3 is 5.97 Å². The summed E-state index contributed by atoms with van der Waals surface area (Å²) in [6.45, 7) is 7.09. The molecule has 43 heavy (non-hydrogen) atoms. The monoisotopic (exact) mass is 642 g/mol. The van der Waals surface area contributed by atoms with Gasteiger partial charge in [0.25, 0.3) is 0 Å². The van der Waals surface area contributed by atoms with Crippen molar-refractivity contribution in [1.29, 1.82) is 0 Å². The lowest BCUT2D eigenvalue weighted by molar-refractivity contribution is -0.139. The fourth-order valence-corrected chi connectivity index (χ4v) is 8.98. The molecule has 1 heterocycles. The first-order chi connectivity index (χ1) is 20.7. The van der Waals surface area contributed by atoms with E-state index in [4.69, 9.17) is 9.47 Å². The van der Waals surface area contributed by atoms with Crippen molar-refractivity contribution in [2.24, 2.45) is 0 Å². The van der Waals surface area contributed by atoms with Gasteiger partial charge in [-0.15, -0.1) is 23.5 Å². The molecule has 232 valence electrons. The predicted molar refractivity (Wildman–Crippen MR) is 178 cm³/mol. The van der Waals surface area contributed by atoms with Crippen LogP contribution in [-0.2, 0) is 31.9 Å². The van der Waals surface area contributed by atoms with Crippen molar-refractivity contribution in [2.75, 3.05) is 37.2 Å². The fourth-order valence-electron chi connectivity index (χ4n) is 5.44. The van der Waals surface area contributed by atoms with E-state index in [-0.39, 0.29) is 23.2 Å². The molecule has 0 radical (unpaired) electrons. The van der Waals surface area contributed by atoms with Crippen LogP contribution in [0, 0.1) is 0 Å². The Kier molecular flexibility index (Phi) is 11.5. The molecule has 1 aliphatic rings. The number of nitrogens with zero attached hydrogens (tertiary/aromatic N) is 2. The number of para-hydroxylation sites is 1. The normalized spacial score (nSPS) is 18.1. The Morgan fingerprint density at radius 2 is 1.77 bits per heavy atom. The molecule has 0 saturated heterocycles. The molecule has 1 atom stereocenters. The summed E-state index contributed by atoms with van der Waals surface area (Å²) in [5, 5.41) is 0. The highest BCUT2D eigenvalue weighted by Gasteiger charge is 2.46. The highest BCUT2D eigenvalue weighted by Crippen LogP contribution is 2.45. The van der Waals surface area contributed by atoms with Crippen molar-refractivity contribution in [2.45, 2.75) is 67.7 Å². The lowest BCUT2D eigenvalue weighted by Gasteiger charge is -2.41. The molecule has 1 unspecified atom stereocenters. The molecule has 1 aliphatic heterocycles. The summed E-state index contributed by atoms with van der Waals surface area (Å²) >= 11 is 3.02. The lowest BCUT2D eigenvalue weighted by Crippen LogP contribution is -2.53. The molecule has 0 aliphatic carbocycles. The molecule has 0 amide bonds. The van der Waals surface area contributed by atoms with Crippen LogP contribution in [-0.4, -0.2) is 56.5 Å². The number of carbonyl (C=O) groups excluding carboxylic acids is 1. The smallest absolute Gasteiger partial charge is 0.315 e. The summed E-state index contributed by atoms with van der Waals surface area (Å²) < 4.78 is 42.0. The molecule has 10 heteroatoms. The Morgan fingerprint density at radius 1 is 1.05 bits per heavy atom. The van der Waals surface area contributed by atoms with Crippen molar-refractivity contribution in [3.63, 3.8) is 0 Å². The molecule has 0 bridgehead atoms. The molecule has 7 nitrogen and oxygen atoms in total. The van der Waals surface area contributed by atoms with Gasteiger partial charge in [0.15, 0.2) is 0 Å². The molecule has 0 aromatic heterocycles. The van der Waals surface area contributed by atoms with Crippen molar-refractivity contribution in [1.82, 2.24) is 4.31 Å². The van der Waals surface area contributed by atoms with Crippen molar-refractivity contribution in [3.8, 4) is 5.75 Å². The standard InChI is InChI=1S/C33H42N2O5S3/c1-6-8-18-33(3)24-34(27-12-10-9-11-13-27)29-20-30(41-5)26(22-42-23-32(36)40-7-2)19-31(29)43(37,38)35(33)21-25-14-16-28(39-4)17-15-25/h9-17,19-20H,6-8,18,21-24H2,1-5H3. The van der Waals surface area contributed by atoms with Crippen LogP contribution in [0.2, 0.25) is 0 Å². The van der Waals surface area contributed by atoms with Gasteiger partial charge in [0.2, 0.25) is 10.0 Å². The molecule has 3 aromatic carbocycles. The summed E-state index contributed by atoms with van der Waals surface area (Å²) in [7, 11) is -2.34. The van der Waals surface area contributed by atoms with Crippen LogP contribution in [0.4, 0.5) is 11.4 Å². The molecule has 4 rings (SSSR count). The maximum absolute atomic E-state index is 14.9. The molecular formula is C33H42N2O5S3. The second-order valence-electron chi connectivity index (χ2n) is 10.8. The zero-order valence-electron chi connectivity index (χ0n) is 25.7. The summed E-state index contributed by atoms with van der Waals surface area (Å²) in [4.78, 5) is 15.5. The van der Waals surface area contributed by atoms with Gasteiger partial charge in [0, 0.05) is 29.4 Å². The number of carbonyl (C=O) groups is 1. The summed E-state index contributed by atoms with van der Waals surface area (Å²) in [5.41, 5.74) is 2.72. The third kappa shape index (κ3) is 7.71. The van der Waals surface area contributed by atoms with E-state index in [1.165, 1.54) is 11.8 Å². The summed E-state index contributed by atoms with van der Waals surface area (Å²) in [6, 6.07) is 21.5. The third-order valence-electron chi connectivity index (χ3n) is 7.73. The van der Waals surface area contributed by atoms with Crippen LogP contribution >= 0.6 is 23.5 Å². The number of ether oxygens (including phenoxy) is 2. The molecule has 0 fully saturated rings. The quantitative estimate of drug-likeness (QED) is 0.140. The van der Waals surface area contributed by atoms with Gasteiger partial charge in [-0.2, -0.15) is 4.31 Å². The first kappa shape index (κ1) is 33.2. The highest BCUT2D eigenvalue weighted by molar-refractivity contribution is 7.99. The van der Waals surface area contributed by atoms with E-state index in [0.717, 1.165) is 40.3 Å². The zero-order valence-corrected chi connectivity index (χ0v) is 28.1. The summed E-state index contributed by atoms with van der Waals surface area (Å²) in [6.07, 6.45) is 4.58. The first-order valence-corrected chi connectivity index (χ1v) is 18.4. The van der Waals surface area contributed by atoms with Crippen LogP contribution in [0.3, 0.4) is 0 Å². The van der Waals surface area contributed by atoms with Gasteiger partial charge < -0.3 is 14.4 Å². The predicted octanol–water partition coefficient (Wildman–Crippen LogP) is 7.50. The third-order valence-corrected chi connectivity index (χ3v) is 11.5. The van der Waals surface area contributed by atoms with E-state index < -0.39 is 15.6 Å². The van der Waals surface area contributed by atoms with E-state index in [0.29, 0.717) is 31.0 Å². The van der Waals surface area contributed by atoms with Crippen molar-refractivity contribution in [3.05, 3.63) is 77.9 Å². The Labute approximate surface area is 265 Å². The Bertz CT molecular complexity index is 1480. The highest BCUT2D eigenvalue weighted by atomic mass is 32.2. The van der Waals surface area contributed by atoms with Crippen LogP contribution in [0.25, 0.3) is 0 Å². The number of benzene rings is 3. The average Bonchev–Trinajstić information content (AvgIpc) is 3.08. The maximum Gasteiger partial charge on any atom is 0.315 e. The largest absolute Gasteiger partial charge is 0.497 e. The number of rotatable bonds is 13. The number of fused-ring (bicyclic) bond motifs is 1. The van der Waals surface area contributed by atoms with Gasteiger partial charge in [-0.1, -0.05) is 50.1 Å². The van der Waals surface area contributed by atoms with Crippen LogP contribution in [0.1, 0.15) is 51.2 Å². The van der Waals surface area contributed by atoms with Gasteiger partial charge in [0.1, 0.15) is 10.6 Å². The van der Waals surface area contributed by atoms with Crippen molar-refractivity contribution < 1.29 is 22.7 Å². The number of esters is 1. The Balaban J connectivity index is 1.88. The number of methoxy groups -OCH3 is 1. The number of hydrogen-bond donors (Lipinski definition) is 0. The van der Waals surface area contributed by atoms with Gasteiger partial charge in [-0.3, -0.25) is 4.79 Å². The number of hydrogen-bond acceptors (Lipinski definition) is 8. The van der Waals surface area contributed by atoms with E-state index in [1.54, 1.807) is 30.1 Å².